The van der Waals surface area contributed by atoms with E-state index >= 15 is 0 Å². The SMILES string of the molecule is COc1ccc(COC(=O)c2cccn2C)cc1Br. The smallest absolute Gasteiger partial charge is 0.355 e. The highest BCUT2D eigenvalue weighted by atomic mass is 79.9. The van der Waals surface area contributed by atoms with Gasteiger partial charge in [-0.25, -0.2) is 4.79 Å². The number of hydrogen-bond donors (Lipinski definition) is 0. The molecule has 0 fully saturated rings. The molecule has 1 heterocycles. The van der Waals surface area contributed by atoms with Gasteiger partial charge < -0.3 is 14.0 Å². The Morgan fingerprint density at radius 3 is 2.74 bits per heavy atom. The molecule has 0 bridgehead atoms. The molecule has 1 aromatic carbocycles. The van der Waals surface area contributed by atoms with Crippen molar-refractivity contribution in [3.63, 3.8) is 0 Å². The molecular weight excluding hydrogens is 310 g/mol. The number of halogens is 1. The Balaban J connectivity index is 2.01. The lowest BCUT2D eigenvalue weighted by atomic mass is 10.2. The van der Waals surface area contributed by atoms with E-state index in [1.165, 1.54) is 0 Å². The average Bonchev–Trinajstić information content (AvgIpc) is 2.82. The minimum Gasteiger partial charge on any atom is -0.496 e. The summed E-state index contributed by atoms with van der Waals surface area (Å²) in [6.45, 7) is 0.229. The number of benzene rings is 1. The van der Waals surface area contributed by atoms with Crippen molar-refractivity contribution in [2.45, 2.75) is 6.61 Å². The van der Waals surface area contributed by atoms with Gasteiger partial charge in [0, 0.05) is 13.2 Å². The lowest BCUT2D eigenvalue weighted by molar-refractivity contribution is 0.0461. The number of carbonyl (C=O) groups is 1. The van der Waals surface area contributed by atoms with Gasteiger partial charge in [-0.2, -0.15) is 0 Å². The molecule has 1 aromatic heterocycles. The zero-order chi connectivity index (χ0) is 13.8. The fourth-order valence-electron chi connectivity index (χ4n) is 1.70. The van der Waals surface area contributed by atoms with Gasteiger partial charge in [0.05, 0.1) is 11.6 Å². The van der Waals surface area contributed by atoms with E-state index in [1.807, 2.05) is 18.2 Å². The van der Waals surface area contributed by atoms with Crippen molar-refractivity contribution >= 4 is 21.9 Å². The van der Waals surface area contributed by atoms with Gasteiger partial charge in [-0.3, -0.25) is 0 Å². The van der Waals surface area contributed by atoms with Crippen LogP contribution in [0.3, 0.4) is 0 Å². The highest BCUT2D eigenvalue weighted by Crippen LogP contribution is 2.25. The Hall–Kier alpha value is -1.75. The third-order valence-corrected chi connectivity index (χ3v) is 3.36. The molecule has 100 valence electrons. The molecule has 0 aliphatic carbocycles. The first-order valence-electron chi connectivity index (χ1n) is 5.72. The summed E-state index contributed by atoms with van der Waals surface area (Å²) in [5, 5.41) is 0. The standard InChI is InChI=1S/C14H14BrNO3/c1-16-7-3-4-12(16)14(17)19-9-10-5-6-13(18-2)11(15)8-10/h3-8H,9H2,1-2H3. The second kappa shape index (κ2) is 5.93. The Bertz CT molecular complexity index is 592. The Morgan fingerprint density at radius 2 is 2.16 bits per heavy atom. The molecule has 2 rings (SSSR count). The van der Waals surface area contributed by atoms with E-state index in [0.717, 1.165) is 15.8 Å². The number of aromatic nitrogens is 1. The lowest BCUT2D eigenvalue weighted by Crippen LogP contribution is -2.09. The predicted molar refractivity (Wildman–Crippen MR) is 75.2 cm³/mol. The van der Waals surface area contributed by atoms with Crippen molar-refractivity contribution in [3.05, 3.63) is 52.3 Å². The number of nitrogens with zero attached hydrogens (tertiary/aromatic N) is 1. The minimum atomic E-state index is -0.334. The topological polar surface area (TPSA) is 40.5 Å². The van der Waals surface area contributed by atoms with Crippen LogP contribution >= 0.6 is 15.9 Å². The Labute approximate surface area is 120 Å². The van der Waals surface area contributed by atoms with Crippen LogP contribution in [0, 0.1) is 0 Å². The van der Waals surface area contributed by atoms with Crippen molar-refractivity contribution in [1.82, 2.24) is 4.57 Å². The summed E-state index contributed by atoms with van der Waals surface area (Å²) in [5.74, 6) is 0.414. The molecule has 0 saturated heterocycles. The van der Waals surface area contributed by atoms with E-state index in [1.54, 1.807) is 37.1 Å². The summed E-state index contributed by atoms with van der Waals surface area (Å²) in [4.78, 5) is 11.8. The van der Waals surface area contributed by atoms with E-state index in [9.17, 15) is 4.79 Å². The quantitative estimate of drug-likeness (QED) is 0.811. The van der Waals surface area contributed by atoms with Crippen molar-refractivity contribution < 1.29 is 14.3 Å². The summed E-state index contributed by atoms with van der Waals surface area (Å²) in [6.07, 6.45) is 1.81. The van der Waals surface area contributed by atoms with Crippen LogP contribution in [0.2, 0.25) is 0 Å². The highest BCUT2D eigenvalue weighted by molar-refractivity contribution is 9.10. The van der Waals surface area contributed by atoms with Crippen LogP contribution in [0.4, 0.5) is 0 Å². The lowest BCUT2D eigenvalue weighted by Gasteiger charge is -2.08. The summed E-state index contributed by atoms with van der Waals surface area (Å²) in [7, 11) is 3.41. The van der Waals surface area contributed by atoms with E-state index < -0.39 is 0 Å². The van der Waals surface area contributed by atoms with Gasteiger partial charge in [0.25, 0.3) is 0 Å². The zero-order valence-corrected chi connectivity index (χ0v) is 12.3. The summed E-state index contributed by atoms with van der Waals surface area (Å²) in [5.41, 5.74) is 1.43. The average molecular weight is 324 g/mol. The van der Waals surface area contributed by atoms with Gasteiger partial charge in [0.15, 0.2) is 0 Å². The molecule has 0 spiro atoms. The van der Waals surface area contributed by atoms with Crippen molar-refractivity contribution in [2.75, 3.05) is 7.11 Å². The first-order chi connectivity index (χ1) is 9.11. The monoisotopic (exact) mass is 323 g/mol. The fourth-order valence-corrected chi connectivity index (χ4v) is 2.28. The summed E-state index contributed by atoms with van der Waals surface area (Å²) >= 11 is 3.40. The second-order valence-corrected chi connectivity index (χ2v) is 4.90. The number of methoxy groups -OCH3 is 1. The first-order valence-corrected chi connectivity index (χ1v) is 6.52. The molecule has 0 aliphatic rings. The normalized spacial score (nSPS) is 10.3. The van der Waals surface area contributed by atoms with Gasteiger partial charge in [-0.05, 0) is 45.8 Å². The maximum Gasteiger partial charge on any atom is 0.355 e. The number of ether oxygens (including phenoxy) is 2. The molecular formula is C14H14BrNO3. The van der Waals surface area contributed by atoms with Crippen LogP contribution in [0.25, 0.3) is 0 Å². The molecule has 0 saturated carbocycles. The van der Waals surface area contributed by atoms with E-state index in [2.05, 4.69) is 15.9 Å². The predicted octanol–water partition coefficient (Wildman–Crippen LogP) is 3.15. The van der Waals surface area contributed by atoms with Gasteiger partial charge in [0.1, 0.15) is 18.1 Å². The molecule has 0 atom stereocenters. The molecule has 0 aliphatic heterocycles. The largest absolute Gasteiger partial charge is 0.496 e. The molecule has 5 heteroatoms. The van der Waals surface area contributed by atoms with Crippen molar-refractivity contribution in [2.24, 2.45) is 7.05 Å². The number of carbonyl (C=O) groups excluding carboxylic acids is 1. The highest BCUT2D eigenvalue weighted by Gasteiger charge is 2.10. The van der Waals surface area contributed by atoms with Crippen LogP contribution in [0.5, 0.6) is 5.75 Å². The zero-order valence-electron chi connectivity index (χ0n) is 10.7. The molecule has 19 heavy (non-hydrogen) atoms. The fraction of sp³-hybridized carbons (Fsp3) is 0.214. The van der Waals surface area contributed by atoms with Crippen LogP contribution in [-0.2, 0) is 18.4 Å². The second-order valence-electron chi connectivity index (χ2n) is 4.05. The van der Waals surface area contributed by atoms with E-state index in [-0.39, 0.29) is 12.6 Å². The molecule has 2 aromatic rings. The molecule has 0 radical (unpaired) electrons. The van der Waals surface area contributed by atoms with E-state index in [4.69, 9.17) is 9.47 Å². The summed E-state index contributed by atoms with van der Waals surface area (Å²) in [6, 6.07) is 9.10. The number of hydrogen-bond acceptors (Lipinski definition) is 3. The van der Waals surface area contributed by atoms with Gasteiger partial charge in [-0.1, -0.05) is 6.07 Å². The van der Waals surface area contributed by atoms with E-state index in [0.29, 0.717) is 5.69 Å². The number of rotatable bonds is 4. The first kappa shape index (κ1) is 13.7. The number of aryl methyl sites for hydroxylation is 1. The van der Waals surface area contributed by atoms with Crippen molar-refractivity contribution in [3.8, 4) is 5.75 Å². The van der Waals surface area contributed by atoms with Crippen LogP contribution in [0.1, 0.15) is 16.1 Å². The van der Waals surface area contributed by atoms with Crippen LogP contribution in [0.15, 0.2) is 41.0 Å². The minimum absolute atomic E-state index is 0.229. The van der Waals surface area contributed by atoms with Crippen molar-refractivity contribution in [1.29, 1.82) is 0 Å². The van der Waals surface area contributed by atoms with Gasteiger partial charge in [0.2, 0.25) is 0 Å². The molecule has 0 N–H and O–H groups in total. The summed E-state index contributed by atoms with van der Waals surface area (Å²) < 4.78 is 13.0. The van der Waals surface area contributed by atoms with Gasteiger partial charge >= 0.3 is 5.97 Å². The maximum atomic E-state index is 11.8. The van der Waals surface area contributed by atoms with Crippen LogP contribution < -0.4 is 4.74 Å². The van der Waals surface area contributed by atoms with Crippen LogP contribution in [-0.4, -0.2) is 17.6 Å². The van der Waals surface area contributed by atoms with Gasteiger partial charge in [-0.15, -0.1) is 0 Å². The number of esters is 1. The third-order valence-electron chi connectivity index (χ3n) is 2.74. The maximum absolute atomic E-state index is 11.8. The molecule has 0 amide bonds. The Morgan fingerprint density at radius 1 is 1.37 bits per heavy atom. The molecule has 4 nitrogen and oxygen atoms in total. The third kappa shape index (κ3) is 3.17. The Kier molecular flexibility index (Phi) is 4.27. The molecule has 0 unspecified atom stereocenters.